The van der Waals surface area contributed by atoms with Crippen LogP contribution in [0.15, 0.2) is 29.3 Å². The monoisotopic (exact) mass is 278 g/mol. The summed E-state index contributed by atoms with van der Waals surface area (Å²) in [5, 5.41) is 4.95. The number of fused-ring (bicyclic) bond motifs is 3. The van der Waals surface area contributed by atoms with Gasteiger partial charge in [0.25, 0.3) is 5.56 Å². The zero-order chi connectivity index (χ0) is 14.6. The lowest BCUT2D eigenvalue weighted by atomic mass is 9.98. The fraction of sp³-hybridized carbons (Fsp3) is 0.0769. The lowest BCUT2D eigenvalue weighted by Gasteiger charge is -2.01. The minimum Gasteiger partial charge on any atom is -0.333 e. The Labute approximate surface area is 119 Å². The van der Waals surface area contributed by atoms with Crippen molar-refractivity contribution in [1.29, 1.82) is 0 Å². The number of pyridine rings is 1. The number of aryl methyl sites for hydroxylation is 1. The predicted molar refractivity (Wildman–Crippen MR) is 82.4 cm³/mol. The van der Waals surface area contributed by atoms with Crippen LogP contribution in [0.3, 0.4) is 0 Å². The molecule has 2 N–H and O–H groups in total. The summed E-state index contributed by atoms with van der Waals surface area (Å²) in [6, 6.07) is 3.78. The van der Waals surface area contributed by atoms with Crippen LogP contribution in [0.2, 0.25) is 0 Å². The summed E-state index contributed by atoms with van der Waals surface area (Å²) in [6.07, 6.45) is 3.42. The van der Waals surface area contributed by atoms with E-state index in [-0.39, 0.29) is 5.56 Å². The number of H-pyrrole nitrogens is 2. The van der Waals surface area contributed by atoms with Gasteiger partial charge in [-0.05, 0) is 6.07 Å². The molecule has 0 aromatic carbocycles. The van der Waals surface area contributed by atoms with Gasteiger partial charge in [0.1, 0.15) is 30.2 Å². The minimum absolute atomic E-state index is 0.216. The molecule has 4 rings (SSSR count). The highest BCUT2D eigenvalue weighted by Gasteiger charge is 2.14. The molecule has 0 saturated carbocycles. The van der Waals surface area contributed by atoms with Gasteiger partial charge in [0.15, 0.2) is 5.82 Å². The van der Waals surface area contributed by atoms with E-state index in [1.165, 1.54) is 0 Å². The normalized spacial score (nSPS) is 11.5. The topological polar surface area (TPSA) is 92.3 Å². The van der Waals surface area contributed by atoms with Gasteiger partial charge in [0.2, 0.25) is 0 Å². The highest BCUT2D eigenvalue weighted by molar-refractivity contribution is 6.33. The van der Waals surface area contributed by atoms with Crippen LogP contribution in [0.5, 0.6) is 0 Å². The number of nitrogens with one attached hydrogen (secondary N) is 2. The average molecular weight is 278 g/mol. The molecule has 0 aliphatic rings. The highest BCUT2D eigenvalue weighted by atomic mass is 16.1. The summed E-state index contributed by atoms with van der Waals surface area (Å²) in [5.74, 6) is 0.495. The van der Waals surface area contributed by atoms with Crippen molar-refractivity contribution in [1.82, 2.24) is 29.7 Å². The second-order valence-electron chi connectivity index (χ2n) is 5.01. The lowest BCUT2D eigenvalue weighted by molar-refractivity contribution is 0.770. The molecule has 4 aromatic rings. The molecule has 0 spiro atoms. The van der Waals surface area contributed by atoms with Crippen LogP contribution in [0, 0.1) is 0 Å². The van der Waals surface area contributed by atoms with E-state index in [0.29, 0.717) is 22.5 Å². The van der Waals surface area contributed by atoms with Crippen molar-refractivity contribution < 1.29 is 0 Å². The van der Waals surface area contributed by atoms with Gasteiger partial charge in [-0.15, -0.1) is 0 Å². The molecule has 102 valence electrons. The molecular weight excluding hydrogens is 267 g/mol. The maximum Gasteiger partial charge on any atom is 0.275 e. The first kappa shape index (κ1) is 11.9. The van der Waals surface area contributed by atoms with Crippen LogP contribution in [-0.2, 0) is 7.05 Å². The Balaban J connectivity index is 2.13. The smallest absolute Gasteiger partial charge is 0.275 e. The maximum atomic E-state index is 12.3. The van der Waals surface area contributed by atoms with Crippen molar-refractivity contribution in [3.05, 3.63) is 34.9 Å². The molecule has 7 nitrogen and oxygen atoms in total. The summed E-state index contributed by atoms with van der Waals surface area (Å²) in [4.78, 5) is 27.0. The molecule has 0 fully saturated rings. The van der Waals surface area contributed by atoms with Crippen molar-refractivity contribution in [3.63, 3.8) is 0 Å². The van der Waals surface area contributed by atoms with E-state index in [9.17, 15) is 4.79 Å². The Morgan fingerprint density at radius 3 is 2.95 bits per heavy atom. The summed E-state index contributed by atoms with van der Waals surface area (Å²) in [5.41, 5.74) is 3.29. The molecular formula is C13H11BN6O. The summed E-state index contributed by atoms with van der Waals surface area (Å²) in [6.45, 7) is 0. The molecule has 0 saturated heterocycles. The molecule has 4 heterocycles. The Bertz CT molecular complexity index is 1040. The Hall–Kier alpha value is -2.90. The number of rotatable bonds is 1. The van der Waals surface area contributed by atoms with Gasteiger partial charge in [-0.1, -0.05) is 11.5 Å². The lowest BCUT2D eigenvalue weighted by Crippen LogP contribution is -2.10. The van der Waals surface area contributed by atoms with Gasteiger partial charge in [-0.2, -0.15) is 5.10 Å². The number of hydrogen-bond donors (Lipinski definition) is 2. The Morgan fingerprint density at radius 2 is 2.19 bits per heavy atom. The molecule has 21 heavy (non-hydrogen) atoms. The first-order chi connectivity index (χ1) is 10.1. The van der Waals surface area contributed by atoms with Crippen molar-refractivity contribution in [3.8, 4) is 11.5 Å². The van der Waals surface area contributed by atoms with Crippen LogP contribution < -0.4 is 11.0 Å². The Kier molecular flexibility index (Phi) is 2.29. The SMILES string of the molecule is Bc1cnc2[nH]c3c(=O)[nH]c(-c4ccnn4C)nc3c2c1. The molecule has 0 bridgehead atoms. The molecule has 4 aromatic heterocycles. The van der Waals surface area contributed by atoms with Gasteiger partial charge >= 0.3 is 0 Å². The van der Waals surface area contributed by atoms with E-state index in [0.717, 1.165) is 16.5 Å². The number of hydrogen-bond acceptors (Lipinski definition) is 4. The predicted octanol–water partition coefficient (Wildman–Crippen LogP) is -0.542. The van der Waals surface area contributed by atoms with Crippen molar-refractivity contribution in [2.45, 2.75) is 0 Å². The van der Waals surface area contributed by atoms with Gasteiger partial charge in [0, 0.05) is 24.8 Å². The molecule has 0 unspecified atom stereocenters. The highest BCUT2D eigenvalue weighted by Crippen LogP contribution is 2.21. The van der Waals surface area contributed by atoms with Gasteiger partial charge in [0.05, 0.1) is 0 Å². The van der Waals surface area contributed by atoms with Gasteiger partial charge in [-0.25, -0.2) is 9.97 Å². The van der Waals surface area contributed by atoms with E-state index in [4.69, 9.17) is 0 Å². The van der Waals surface area contributed by atoms with Crippen molar-refractivity contribution in [2.75, 3.05) is 0 Å². The molecule has 0 aliphatic heterocycles. The van der Waals surface area contributed by atoms with Crippen molar-refractivity contribution in [2.24, 2.45) is 7.05 Å². The van der Waals surface area contributed by atoms with E-state index in [1.807, 2.05) is 20.0 Å². The molecule has 0 amide bonds. The minimum atomic E-state index is -0.216. The third kappa shape index (κ3) is 1.69. The average Bonchev–Trinajstić information content (AvgIpc) is 3.03. The largest absolute Gasteiger partial charge is 0.333 e. The third-order valence-electron chi connectivity index (χ3n) is 3.51. The first-order valence-corrected chi connectivity index (χ1v) is 6.50. The summed E-state index contributed by atoms with van der Waals surface area (Å²) >= 11 is 0. The number of nitrogens with zero attached hydrogens (tertiary/aromatic N) is 4. The Morgan fingerprint density at radius 1 is 1.33 bits per heavy atom. The molecule has 0 atom stereocenters. The van der Waals surface area contributed by atoms with Crippen LogP contribution in [0.4, 0.5) is 0 Å². The molecule has 8 heteroatoms. The number of aromatic amines is 2. The summed E-state index contributed by atoms with van der Waals surface area (Å²) < 4.78 is 1.67. The van der Waals surface area contributed by atoms with Crippen LogP contribution in [0.1, 0.15) is 0 Å². The van der Waals surface area contributed by atoms with Gasteiger partial charge < -0.3 is 9.97 Å². The fourth-order valence-electron chi connectivity index (χ4n) is 2.48. The maximum absolute atomic E-state index is 12.3. The zero-order valence-electron chi connectivity index (χ0n) is 11.5. The zero-order valence-corrected chi connectivity index (χ0v) is 11.5. The van der Waals surface area contributed by atoms with Crippen molar-refractivity contribution >= 4 is 35.4 Å². The second-order valence-corrected chi connectivity index (χ2v) is 5.01. The summed E-state index contributed by atoms with van der Waals surface area (Å²) in [7, 11) is 3.76. The third-order valence-corrected chi connectivity index (χ3v) is 3.51. The van der Waals surface area contributed by atoms with E-state index in [1.54, 1.807) is 24.1 Å². The quantitative estimate of drug-likeness (QED) is 0.457. The second kappa shape index (κ2) is 4.05. The number of aromatic nitrogens is 6. The molecule has 0 aliphatic carbocycles. The van der Waals surface area contributed by atoms with E-state index < -0.39 is 0 Å². The van der Waals surface area contributed by atoms with E-state index in [2.05, 4.69) is 25.0 Å². The fourth-order valence-corrected chi connectivity index (χ4v) is 2.48. The standard InChI is InChI=1S/C13H11BN6O/c1-20-8(2-3-16-20)12-17-9-7-4-6(14)5-15-11(7)18-10(9)13(21)19-12/h2-5H,14H2,1H3,(H,15,18)(H,17,19,21). The van der Waals surface area contributed by atoms with Gasteiger partial charge in [-0.3, -0.25) is 9.48 Å². The first-order valence-electron chi connectivity index (χ1n) is 6.50. The molecule has 0 radical (unpaired) electrons. The van der Waals surface area contributed by atoms with Crippen LogP contribution in [-0.4, -0.2) is 37.6 Å². The van der Waals surface area contributed by atoms with E-state index >= 15 is 0 Å². The van der Waals surface area contributed by atoms with Crippen LogP contribution in [0.25, 0.3) is 33.6 Å². The van der Waals surface area contributed by atoms with Crippen LogP contribution >= 0.6 is 0 Å².